The van der Waals surface area contributed by atoms with Gasteiger partial charge in [0.25, 0.3) is 0 Å². The summed E-state index contributed by atoms with van der Waals surface area (Å²) in [4.78, 5) is 18.3. The molecule has 0 spiro atoms. The molecule has 0 radical (unpaired) electrons. The minimum atomic E-state index is -0.103. The zero-order valence-electron chi connectivity index (χ0n) is 26.8. The van der Waals surface area contributed by atoms with E-state index in [-0.39, 0.29) is 11.5 Å². The Morgan fingerprint density at radius 3 is 2.39 bits per heavy atom. The number of hydrogen-bond donors (Lipinski definition) is 0. The molecule has 2 heterocycles. The molecule has 2 saturated carbocycles. The van der Waals surface area contributed by atoms with Gasteiger partial charge < -0.3 is 19.3 Å². The zero-order valence-corrected chi connectivity index (χ0v) is 26.8. The molecule has 5 nitrogen and oxygen atoms in total. The molecule has 4 fully saturated rings. The highest BCUT2D eigenvalue weighted by Crippen LogP contribution is 2.62. The first-order valence-corrected chi connectivity index (χ1v) is 16.9. The van der Waals surface area contributed by atoms with Gasteiger partial charge in [0, 0.05) is 31.0 Å². The molecule has 6 rings (SSSR count). The van der Waals surface area contributed by atoms with Crippen LogP contribution in [0.25, 0.3) is 0 Å². The number of ether oxygens (including phenoxy) is 2. The Balaban J connectivity index is 1.21. The van der Waals surface area contributed by atoms with E-state index in [4.69, 9.17) is 9.47 Å². The van der Waals surface area contributed by atoms with Gasteiger partial charge in [0.1, 0.15) is 11.9 Å². The van der Waals surface area contributed by atoms with Gasteiger partial charge in [0.2, 0.25) is 0 Å². The Labute approximate surface area is 249 Å². The number of likely N-dealkylation sites (tertiary alicyclic amines) is 2. The summed E-state index contributed by atoms with van der Waals surface area (Å²) in [6, 6.07) is 5.46. The Kier molecular flexibility index (Phi) is 8.26. The second kappa shape index (κ2) is 11.5. The quantitative estimate of drug-likeness (QED) is 0.368. The average molecular weight is 565 g/mol. The van der Waals surface area contributed by atoms with Crippen LogP contribution in [0.1, 0.15) is 109 Å². The highest BCUT2D eigenvalue weighted by molar-refractivity contribution is 5.87. The van der Waals surface area contributed by atoms with E-state index in [1.165, 1.54) is 49.9 Å². The summed E-state index contributed by atoms with van der Waals surface area (Å²) in [5, 5.41) is 0. The summed E-state index contributed by atoms with van der Waals surface area (Å²) >= 11 is 0. The standard InChI is InChI=1S/C36H56N2O3/c1-35(2,3)15-9-24-21-25-22-32(41-27-13-19-38(20-14-27)26-11-17-37(5)18-12-26)31(40-6)23-29(25)28-10-16-36(4)30(34(24)28)7-8-33(36)39/h22-24,26-28,30,34H,7-21H2,1-6H3. The van der Waals surface area contributed by atoms with Crippen LogP contribution in [0.3, 0.4) is 0 Å². The van der Waals surface area contributed by atoms with Crippen molar-refractivity contribution in [2.75, 3.05) is 40.3 Å². The molecule has 0 amide bonds. The molecule has 5 unspecified atom stereocenters. The highest BCUT2D eigenvalue weighted by Gasteiger charge is 2.57. The van der Waals surface area contributed by atoms with Gasteiger partial charge in [-0.2, -0.15) is 0 Å². The fraction of sp³-hybridized carbons (Fsp3) is 0.806. The Bertz CT molecular complexity index is 1090. The smallest absolute Gasteiger partial charge is 0.161 e. The fourth-order valence-corrected chi connectivity index (χ4v) is 9.61. The van der Waals surface area contributed by atoms with Crippen molar-refractivity contribution in [1.29, 1.82) is 0 Å². The maximum atomic E-state index is 13.1. The van der Waals surface area contributed by atoms with Gasteiger partial charge in [0.05, 0.1) is 7.11 Å². The lowest BCUT2D eigenvalue weighted by Gasteiger charge is -2.52. The third kappa shape index (κ3) is 5.84. The highest BCUT2D eigenvalue weighted by atomic mass is 16.5. The Morgan fingerprint density at radius 2 is 1.71 bits per heavy atom. The van der Waals surface area contributed by atoms with Gasteiger partial charge in [-0.15, -0.1) is 0 Å². The van der Waals surface area contributed by atoms with Gasteiger partial charge in [0.15, 0.2) is 11.5 Å². The third-order valence-corrected chi connectivity index (χ3v) is 12.1. The molecule has 5 atom stereocenters. The lowest BCUT2D eigenvalue weighted by molar-refractivity contribution is -0.130. The summed E-state index contributed by atoms with van der Waals surface area (Å²) in [6.07, 6.45) is 12.7. The molecule has 2 aliphatic heterocycles. The van der Waals surface area contributed by atoms with Crippen molar-refractivity contribution in [3.05, 3.63) is 23.3 Å². The van der Waals surface area contributed by atoms with Gasteiger partial charge >= 0.3 is 0 Å². The molecule has 0 N–H and O–H groups in total. The second-order valence-electron chi connectivity index (χ2n) is 15.9. The molecular weight excluding hydrogens is 508 g/mol. The minimum absolute atomic E-state index is 0.103. The van der Waals surface area contributed by atoms with E-state index in [9.17, 15) is 4.79 Å². The van der Waals surface area contributed by atoms with Crippen molar-refractivity contribution in [2.24, 2.45) is 28.6 Å². The maximum Gasteiger partial charge on any atom is 0.161 e. The van der Waals surface area contributed by atoms with Crippen LogP contribution >= 0.6 is 0 Å². The lowest BCUT2D eigenvalue weighted by Crippen LogP contribution is -2.48. The summed E-state index contributed by atoms with van der Waals surface area (Å²) < 4.78 is 12.8. The van der Waals surface area contributed by atoms with Crippen LogP contribution in [0, 0.1) is 28.6 Å². The molecule has 41 heavy (non-hydrogen) atoms. The first kappa shape index (κ1) is 29.5. The fourth-order valence-electron chi connectivity index (χ4n) is 9.61. The predicted octanol–water partition coefficient (Wildman–Crippen LogP) is 7.11. The molecule has 3 aliphatic carbocycles. The monoisotopic (exact) mass is 564 g/mol. The number of rotatable bonds is 6. The SMILES string of the molecule is COc1cc2c(cc1OC1CCN(C3CCN(C)CC3)CC1)CC(CCC(C)(C)C)C1C2CCC2(C)C(=O)CCC12. The summed E-state index contributed by atoms with van der Waals surface area (Å²) in [5.41, 5.74) is 3.20. The van der Waals surface area contributed by atoms with Gasteiger partial charge in [-0.1, -0.05) is 27.7 Å². The van der Waals surface area contributed by atoms with Gasteiger partial charge in [-0.05, 0) is 137 Å². The first-order chi connectivity index (χ1) is 19.6. The summed E-state index contributed by atoms with van der Waals surface area (Å²) in [7, 11) is 4.05. The molecule has 2 saturated heterocycles. The lowest BCUT2D eigenvalue weighted by atomic mass is 9.52. The van der Waals surface area contributed by atoms with E-state index in [2.05, 4.69) is 56.7 Å². The Hall–Kier alpha value is -1.59. The number of methoxy groups -OCH3 is 1. The average Bonchev–Trinajstić information content (AvgIpc) is 3.25. The molecular formula is C36H56N2O3. The van der Waals surface area contributed by atoms with Crippen molar-refractivity contribution in [2.45, 2.75) is 116 Å². The number of piperidine rings is 2. The number of nitrogens with zero attached hydrogens (tertiary/aromatic N) is 2. The van der Waals surface area contributed by atoms with E-state index < -0.39 is 0 Å². The van der Waals surface area contributed by atoms with Crippen molar-refractivity contribution >= 4 is 5.78 Å². The number of carbonyl (C=O) groups excluding carboxylic acids is 1. The van der Waals surface area contributed by atoms with E-state index in [0.29, 0.717) is 34.9 Å². The van der Waals surface area contributed by atoms with E-state index in [0.717, 1.165) is 75.6 Å². The number of fused-ring (bicyclic) bond motifs is 5. The minimum Gasteiger partial charge on any atom is -0.493 e. The molecule has 0 bridgehead atoms. The molecule has 5 aliphatic rings. The largest absolute Gasteiger partial charge is 0.493 e. The van der Waals surface area contributed by atoms with Crippen molar-refractivity contribution < 1.29 is 14.3 Å². The second-order valence-corrected chi connectivity index (χ2v) is 15.9. The van der Waals surface area contributed by atoms with Crippen molar-refractivity contribution in [3.63, 3.8) is 0 Å². The summed E-state index contributed by atoms with van der Waals surface area (Å²) in [5.74, 6) is 4.70. The third-order valence-electron chi connectivity index (χ3n) is 12.1. The van der Waals surface area contributed by atoms with Crippen LogP contribution in [0.4, 0.5) is 0 Å². The molecule has 5 heteroatoms. The van der Waals surface area contributed by atoms with Gasteiger partial charge in [-0.25, -0.2) is 0 Å². The zero-order chi connectivity index (χ0) is 28.9. The predicted molar refractivity (Wildman–Crippen MR) is 166 cm³/mol. The summed E-state index contributed by atoms with van der Waals surface area (Å²) in [6.45, 7) is 14.2. The maximum absolute atomic E-state index is 13.1. The first-order valence-electron chi connectivity index (χ1n) is 16.9. The Morgan fingerprint density at radius 1 is 0.976 bits per heavy atom. The van der Waals surface area contributed by atoms with Crippen LogP contribution in [0.5, 0.6) is 11.5 Å². The molecule has 0 aromatic heterocycles. The van der Waals surface area contributed by atoms with Gasteiger partial charge in [-0.3, -0.25) is 4.79 Å². The number of ketones is 1. The van der Waals surface area contributed by atoms with Crippen LogP contribution in [0.2, 0.25) is 0 Å². The topological polar surface area (TPSA) is 42.0 Å². The van der Waals surface area contributed by atoms with E-state index in [1.54, 1.807) is 7.11 Å². The van der Waals surface area contributed by atoms with Crippen LogP contribution in [-0.4, -0.2) is 68.1 Å². The van der Waals surface area contributed by atoms with Crippen LogP contribution < -0.4 is 9.47 Å². The normalized spacial score (nSPS) is 33.8. The van der Waals surface area contributed by atoms with Crippen LogP contribution in [0.15, 0.2) is 12.1 Å². The molecule has 228 valence electrons. The number of hydrogen-bond acceptors (Lipinski definition) is 5. The molecule has 1 aromatic carbocycles. The van der Waals surface area contributed by atoms with Crippen molar-refractivity contribution in [3.8, 4) is 11.5 Å². The van der Waals surface area contributed by atoms with Crippen LogP contribution in [-0.2, 0) is 11.2 Å². The number of carbonyl (C=O) groups is 1. The van der Waals surface area contributed by atoms with E-state index in [1.807, 2.05) is 0 Å². The van der Waals surface area contributed by atoms with Crippen molar-refractivity contribution in [1.82, 2.24) is 9.80 Å². The number of benzene rings is 1. The van der Waals surface area contributed by atoms with E-state index >= 15 is 0 Å². The number of Topliss-reactive ketones (excluding diaryl/α,β-unsaturated/α-hetero) is 1. The molecule has 1 aromatic rings.